The molecule has 116 valence electrons. The molecule has 21 heavy (non-hydrogen) atoms. The number of aromatic nitrogens is 4. The van der Waals surface area contributed by atoms with E-state index >= 15 is 0 Å². The average molecular weight is 291 g/mol. The molecule has 0 saturated carbocycles. The molecule has 0 aliphatic rings. The van der Waals surface area contributed by atoms with Crippen molar-refractivity contribution in [3.63, 3.8) is 0 Å². The van der Waals surface area contributed by atoms with Crippen molar-refractivity contribution in [1.29, 1.82) is 0 Å². The van der Waals surface area contributed by atoms with Gasteiger partial charge in [0.15, 0.2) is 0 Å². The number of ether oxygens (including phenoxy) is 1. The van der Waals surface area contributed by atoms with Crippen molar-refractivity contribution < 1.29 is 4.74 Å². The van der Waals surface area contributed by atoms with Crippen LogP contribution in [0.2, 0.25) is 0 Å². The van der Waals surface area contributed by atoms with Gasteiger partial charge in [0.2, 0.25) is 0 Å². The zero-order chi connectivity index (χ0) is 15.2. The number of nitrogens with zero attached hydrogens (tertiary/aromatic N) is 4. The molecule has 2 aromatic heterocycles. The summed E-state index contributed by atoms with van der Waals surface area (Å²) in [6, 6.07) is 2.44. The minimum Gasteiger partial charge on any atom is -0.383 e. The SMILES string of the molecule is COCCNCc1cn(Cc2ccn(C(C)C)n2)nc1C. The topological polar surface area (TPSA) is 56.9 Å². The van der Waals surface area contributed by atoms with E-state index in [2.05, 4.69) is 35.6 Å². The lowest BCUT2D eigenvalue weighted by molar-refractivity contribution is 0.199. The molecule has 0 aliphatic heterocycles. The molecule has 2 rings (SSSR count). The summed E-state index contributed by atoms with van der Waals surface area (Å²) in [7, 11) is 1.71. The predicted molar refractivity (Wildman–Crippen MR) is 82.3 cm³/mol. The second kappa shape index (κ2) is 7.38. The third kappa shape index (κ3) is 4.41. The Balaban J connectivity index is 1.94. The molecule has 0 aliphatic carbocycles. The Hall–Kier alpha value is -1.66. The van der Waals surface area contributed by atoms with Crippen molar-refractivity contribution in [2.24, 2.45) is 0 Å². The molecular formula is C15H25N5O. The van der Waals surface area contributed by atoms with Crippen LogP contribution in [0, 0.1) is 6.92 Å². The summed E-state index contributed by atoms with van der Waals surface area (Å²) >= 11 is 0. The fraction of sp³-hybridized carbons (Fsp3) is 0.600. The van der Waals surface area contributed by atoms with Gasteiger partial charge in [0.25, 0.3) is 0 Å². The molecule has 0 spiro atoms. The van der Waals surface area contributed by atoms with Gasteiger partial charge in [-0.3, -0.25) is 9.36 Å². The molecule has 0 amide bonds. The van der Waals surface area contributed by atoms with Crippen molar-refractivity contribution in [2.45, 2.75) is 39.9 Å². The highest BCUT2D eigenvalue weighted by Gasteiger charge is 2.07. The third-order valence-electron chi connectivity index (χ3n) is 3.36. The molecule has 0 unspecified atom stereocenters. The number of hydrogen-bond donors (Lipinski definition) is 1. The van der Waals surface area contributed by atoms with Gasteiger partial charge in [0.1, 0.15) is 0 Å². The number of nitrogens with one attached hydrogen (secondary N) is 1. The van der Waals surface area contributed by atoms with Gasteiger partial charge in [-0.25, -0.2) is 0 Å². The van der Waals surface area contributed by atoms with E-state index in [4.69, 9.17) is 4.74 Å². The molecule has 0 aromatic carbocycles. The number of aryl methyl sites for hydroxylation is 1. The fourth-order valence-corrected chi connectivity index (χ4v) is 2.13. The Morgan fingerprint density at radius 1 is 1.33 bits per heavy atom. The maximum atomic E-state index is 5.02. The quantitative estimate of drug-likeness (QED) is 0.753. The molecule has 1 N–H and O–H groups in total. The van der Waals surface area contributed by atoms with Gasteiger partial charge >= 0.3 is 0 Å². The lowest BCUT2D eigenvalue weighted by Gasteiger charge is -2.04. The van der Waals surface area contributed by atoms with Gasteiger partial charge in [-0.1, -0.05) is 0 Å². The monoisotopic (exact) mass is 291 g/mol. The van der Waals surface area contributed by atoms with E-state index in [0.717, 1.165) is 31.1 Å². The van der Waals surface area contributed by atoms with Gasteiger partial charge in [0.05, 0.1) is 24.5 Å². The highest BCUT2D eigenvalue weighted by Crippen LogP contribution is 2.09. The van der Waals surface area contributed by atoms with Crippen LogP contribution in [0.15, 0.2) is 18.5 Å². The number of hydrogen-bond acceptors (Lipinski definition) is 4. The van der Waals surface area contributed by atoms with Gasteiger partial charge < -0.3 is 10.1 Å². The van der Waals surface area contributed by atoms with Crippen LogP contribution < -0.4 is 5.32 Å². The third-order valence-corrected chi connectivity index (χ3v) is 3.36. The Kier molecular flexibility index (Phi) is 5.52. The zero-order valence-electron chi connectivity index (χ0n) is 13.3. The van der Waals surface area contributed by atoms with Gasteiger partial charge in [-0.05, 0) is 26.8 Å². The van der Waals surface area contributed by atoms with Crippen LogP contribution in [0.1, 0.15) is 36.8 Å². The van der Waals surface area contributed by atoms with Crippen LogP contribution >= 0.6 is 0 Å². The van der Waals surface area contributed by atoms with Crippen LogP contribution in [0.25, 0.3) is 0 Å². The molecular weight excluding hydrogens is 266 g/mol. The maximum absolute atomic E-state index is 5.02. The van der Waals surface area contributed by atoms with Crippen molar-refractivity contribution in [3.05, 3.63) is 35.4 Å². The van der Waals surface area contributed by atoms with E-state index < -0.39 is 0 Å². The van der Waals surface area contributed by atoms with Crippen molar-refractivity contribution in [2.75, 3.05) is 20.3 Å². The first kappa shape index (κ1) is 15.7. The highest BCUT2D eigenvalue weighted by atomic mass is 16.5. The smallest absolute Gasteiger partial charge is 0.0850 e. The molecule has 2 heterocycles. The molecule has 6 nitrogen and oxygen atoms in total. The summed E-state index contributed by atoms with van der Waals surface area (Å²) in [6.45, 7) is 9.38. The lowest BCUT2D eigenvalue weighted by Crippen LogP contribution is -2.18. The predicted octanol–water partition coefficient (Wildman–Crippen LogP) is 1.75. The van der Waals surface area contributed by atoms with E-state index in [1.165, 1.54) is 5.56 Å². The van der Waals surface area contributed by atoms with Gasteiger partial charge in [0, 0.05) is 44.2 Å². The Labute approximate surface area is 126 Å². The molecule has 6 heteroatoms. The molecule has 0 saturated heterocycles. The first-order valence-electron chi connectivity index (χ1n) is 7.36. The summed E-state index contributed by atoms with van der Waals surface area (Å²) in [5, 5.41) is 12.5. The first-order valence-corrected chi connectivity index (χ1v) is 7.36. The summed E-state index contributed by atoms with van der Waals surface area (Å²) in [5.41, 5.74) is 3.31. The minimum atomic E-state index is 0.388. The first-order chi connectivity index (χ1) is 10.1. The van der Waals surface area contributed by atoms with E-state index in [9.17, 15) is 0 Å². The largest absolute Gasteiger partial charge is 0.383 e. The van der Waals surface area contributed by atoms with Crippen molar-refractivity contribution in [1.82, 2.24) is 24.9 Å². The van der Waals surface area contributed by atoms with Gasteiger partial charge in [-0.2, -0.15) is 10.2 Å². The normalized spacial score (nSPS) is 11.5. The van der Waals surface area contributed by atoms with Crippen LogP contribution in [-0.4, -0.2) is 39.8 Å². The van der Waals surface area contributed by atoms with Crippen LogP contribution in [-0.2, 0) is 17.8 Å². The van der Waals surface area contributed by atoms with E-state index in [1.807, 2.05) is 28.6 Å². The van der Waals surface area contributed by atoms with E-state index in [0.29, 0.717) is 12.6 Å². The summed E-state index contributed by atoms with van der Waals surface area (Å²) in [4.78, 5) is 0. The maximum Gasteiger partial charge on any atom is 0.0850 e. The highest BCUT2D eigenvalue weighted by molar-refractivity contribution is 5.16. The molecule has 0 bridgehead atoms. The molecule has 0 radical (unpaired) electrons. The fourth-order valence-electron chi connectivity index (χ4n) is 2.13. The van der Waals surface area contributed by atoms with E-state index in [-0.39, 0.29) is 0 Å². The second-order valence-corrected chi connectivity index (χ2v) is 5.49. The van der Waals surface area contributed by atoms with E-state index in [1.54, 1.807) is 7.11 Å². The van der Waals surface area contributed by atoms with Gasteiger partial charge in [-0.15, -0.1) is 0 Å². The molecule has 2 aromatic rings. The van der Waals surface area contributed by atoms with Crippen molar-refractivity contribution >= 4 is 0 Å². The summed E-state index contributed by atoms with van der Waals surface area (Å²) < 4.78 is 8.95. The van der Waals surface area contributed by atoms with Crippen LogP contribution in [0.3, 0.4) is 0 Å². The zero-order valence-corrected chi connectivity index (χ0v) is 13.3. The summed E-state index contributed by atoms with van der Waals surface area (Å²) in [5.74, 6) is 0. The summed E-state index contributed by atoms with van der Waals surface area (Å²) in [6.07, 6.45) is 4.10. The van der Waals surface area contributed by atoms with Crippen molar-refractivity contribution in [3.8, 4) is 0 Å². The second-order valence-electron chi connectivity index (χ2n) is 5.49. The molecule has 0 atom stereocenters. The standard InChI is InChI=1S/C15H25N5O/c1-12(2)20-7-5-15(18-20)11-19-10-14(13(3)17-19)9-16-6-8-21-4/h5,7,10,12,16H,6,8-9,11H2,1-4H3. The lowest BCUT2D eigenvalue weighted by atomic mass is 10.2. The van der Waals surface area contributed by atoms with Crippen LogP contribution in [0.5, 0.6) is 0 Å². The average Bonchev–Trinajstić information content (AvgIpc) is 3.03. The van der Waals surface area contributed by atoms with Crippen LogP contribution in [0.4, 0.5) is 0 Å². The molecule has 0 fully saturated rings. The Morgan fingerprint density at radius 3 is 2.81 bits per heavy atom. The Morgan fingerprint density at radius 2 is 2.14 bits per heavy atom. The Bertz CT molecular complexity index is 558. The number of methoxy groups -OCH3 is 1. The minimum absolute atomic E-state index is 0.388. The number of rotatable bonds is 8.